The standard InChI is InChI=1S/C20H25N3O4/c1-20(2,3)19-21-15(27-22-19)9-6-10-16(24)23-12-11-13-7-4-5-8-14(13)17(23)18(25)26/h4-5,7-8,17H,6,9-12H2,1-3H3,(H,25,26). The van der Waals surface area contributed by atoms with Gasteiger partial charge in [0.2, 0.25) is 11.8 Å². The second kappa shape index (κ2) is 7.50. The third-order valence-electron chi connectivity index (χ3n) is 4.76. The van der Waals surface area contributed by atoms with Crippen LogP contribution in [0.4, 0.5) is 0 Å². The van der Waals surface area contributed by atoms with Crippen LogP contribution in [0.2, 0.25) is 0 Å². The van der Waals surface area contributed by atoms with E-state index >= 15 is 0 Å². The molecule has 1 atom stereocenters. The number of carboxylic acid groups (broad SMARTS) is 1. The van der Waals surface area contributed by atoms with Crippen molar-refractivity contribution in [3.8, 4) is 0 Å². The van der Waals surface area contributed by atoms with Gasteiger partial charge in [-0.05, 0) is 24.0 Å². The van der Waals surface area contributed by atoms with E-state index in [1.165, 1.54) is 4.90 Å². The molecule has 2 aromatic rings. The van der Waals surface area contributed by atoms with Crippen molar-refractivity contribution in [2.24, 2.45) is 0 Å². The van der Waals surface area contributed by atoms with Crippen LogP contribution in [-0.2, 0) is 27.8 Å². The van der Waals surface area contributed by atoms with Gasteiger partial charge in [-0.2, -0.15) is 4.98 Å². The Bertz CT molecular complexity index is 838. The van der Waals surface area contributed by atoms with Crippen molar-refractivity contribution in [2.45, 2.75) is 57.9 Å². The van der Waals surface area contributed by atoms with Gasteiger partial charge < -0.3 is 14.5 Å². The van der Waals surface area contributed by atoms with Gasteiger partial charge in [-0.25, -0.2) is 4.79 Å². The average Bonchev–Trinajstić information content (AvgIpc) is 3.09. The number of rotatable bonds is 5. The zero-order valence-electron chi connectivity index (χ0n) is 15.9. The van der Waals surface area contributed by atoms with Crippen molar-refractivity contribution in [3.05, 3.63) is 47.1 Å². The van der Waals surface area contributed by atoms with Crippen LogP contribution in [0.1, 0.15) is 62.5 Å². The number of aryl methyl sites for hydroxylation is 1. The lowest BCUT2D eigenvalue weighted by molar-refractivity contribution is -0.151. The van der Waals surface area contributed by atoms with Gasteiger partial charge >= 0.3 is 5.97 Å². The van der Waals surface area contributed by atoms with Gasteiger partial charge in [0.05, 0.1) is 0 Å². The third kappa shape index (κ3) is 4.18. The van der Waals surface area contributed by atoms with Crippen LogP contribution in [0.25, 0.3) is 0 Å². The molecule has 3 rings (SSSR count). The average molecular weight is 371 g/mol. The molecule has 1 amide bonds. The van der Waals surface area contributed by atoms with Crippen molar-refractivity contribution in [2.75, 3.05) is 6.54 Å². The number of carbonyl (C=O) groups excluding carboxylic acids is 1. The summed E-state index contributed by atoms with van der Waals surface area (Å²) in [7, 11) is 0. The Kier molecular flexibility index (Phi) is 5.30. The van der Waals surface area contributed by atoms with E-state index in [0.717, 1.165) is 5.56 Å². The van der Waals surface area contributed by atoms with E-state index in [1.807, 2.05) is 39.0 Å². The molecule has 1 unspecified atom stereocenters. The van der Waals surface area contributed by atoms with Gasteiger partial charge in [0.15, 0.2) is 11.9 Å². The van der Waals surface area contributed by atoms with Gasteiger partial charge in [-0.15, -0.1) is 0 Å². The zero-order chi connectivity index (χ0) is 19.6. The normalized spacial score (nSPS) is 16.9. The summed E-state index contributed by atoms with van der Waals surface area (Å²) >= 11 is 0. The molecule has 0 fully saturated rings. The molecule has 0 aliphatic carbocycles. The lowest BCUT2D eigenvalue weighted by Crippen LogP contribution is -2.43. The Labute approximate surface area is 158 Å². The van der Waals surface area contributed by atoms with Crippen molar-refractivity contribution in [1.29, 1.82) is 0 Å². The van der Waals surface area contributed by atoms with E-state index in [9.17, 15) is 14.7 Å². The smallest absolute Gasteiger partial charge is 0.331 e. The quantitative estimate of drug-likeness (QED) is 0.868. The molecule has 1 aliphatic heterocycles. The summed E-state index contributed by atoms with van der Waals surface area (Å²) in [4.78, 5) is 30.3. The summed E-state index contributed by atoms with van der Waals surface area (Å²) in [6.45, 7) is 6.43. The Balaban J connectivity index is 1.62. The maximum atomic E-state index is 12.7. The van der Waals surface area contributed by atoms with Crippen LogP contribution in [-0.4, -0.2) is 38.6 Å². The van der Waals surface area contributed by atoms with E-state index < -0.39 is 12.0 Å². The van der Waals surface area contributed by atoms with Gasteiger partial charge in [-0.1, -0.05) is 50.2 Å². The maximum absolute atomic E-state index is 12.7. The molecule has 2 heterocycles. The lowest BCUT2D eigenvalue weighted by atomic mass is 9.92. The van der Waals surface area contributed by atoms with Gasteiger partial charge in [0.1, 0.15) is 0 Å². The first-order valence-electron chi connectivity index (χ1n) is 9.20. The fraction of sp³-hybridized carbons (Fsp3) is 0.500. The molecule has 0 bridgehead atoms. The highest BCUT2D eigenvalue weighted by Crippen LogP contribution is 2.30. The molecule has 0 saturated carbocycles. The summed E-state index contributed by atoms with van der Waals surface area (Å²) in [5.41, 5.74) is 1.51. The number of aromatic nitrogens is 2. The molecule has 0 spiro atoms. The Morgan fingerprint density at radius 3 is 2.70 bits per heavy atom. The predicted octanol–water partition coefficient (Wildman–Crippen LogP) is 2.90. The summed E-state index contributed by atoms with van der Waals surface area (Å²) < 4.78 is 5.24. The molecule has 7 nitrogen and oxygen atoms in total. The summed E-state index contributed by atoms with van der Waals surface area (Å²) in [5, 5.41) is 13.6. The maximum Gasteiger partial charge on any atom is 0.331 e. The van der Waals surface area contributed by atoms with Crippen molar-refractivity contribution in [3.63, 3.8) is 0 Å². The minimum Gasteiger partial charge on any atom is -0.479 e. The number of nitrogens with zero attached hydrogens (tertiary/aromatic N) is 3. The number of aliphatic carboxylic acids is 1. The summed E-state index contributed by atoms with van der Waals surface area (Å²) in [5.74, 6) is -0.0106. The van der Waals surface area contributed by atoms with Gasteiger partial charge in [-0.3, -0.25) is 4.79 Å². The van der Waals surface area contributed by atoms with Crippen molar-refractivity contribution >= 4 is 11.9 Å². The molecule has 144 valence electrons. The van der Waals surface area contributed by atoms with Gasteiger partial charge in [0, 0.05) is 24.8 Å². The van der Waals surface area contributed by atoms with Crippen LogP contribution >= 0.6 is 0 Å². The Morgan fingerprint density at radius 1 is 1.30 bits per heavy atom. The number of carboxylic acids is 1. The van der Waals surface area contributed by atoms with Gasteiger partial charge in [0.25, 0.3) is 0 Å². The highest BCUT2D eigenvalue weighted by atomic mass is 16.5. The Hall–Kier alpha value is -2.70. The molecule has 0 radical (unpaired) electrons. The number of hydrogen-bond acceptors (Lipinski definition) is 5. The highest BCUT2D eigenvalue weighted by Gasteiger charge is 2.35. The molecule has 0 saturated heterocycles. The Morgan fingerprint density at radius 2 is 2.04 bits per heavy atom. The first-order valence-corrected chi connectivity index (χ1v) is 9.20. The monoisotopic (exact) mass is 371 g/mol. The van der Waals surface area contributed by atoms with Crippen LogP contribution in [0.5, 0.6) is 0 Å². The van der Waals surface area contributed by atoms with Crippen LogP contribution in [0.15, 0.2) is 28.8 Å². The molecular formula is C20H25N3O4. The minimum atomic E-state index is -0.998. The molecule has 1 aliphatic rings. The number of fused-ring (bicyclic) bond motifs is 1. The third-order valence-corrected chi connectivity index (χ3v) is 4.76. The fourth-order valence-electron chi connectivity index (χ4n) is 3.30. The largest absolute Gasteiger partial charge is 0.479 e. The summed E-state index contributed by atoms with van der Waals surface area (Å²) in [6.07, 6.45) is 1.95. The van der Waals surface area contributed by atoms with Crippen molar-refractivity contribution < 1.29 is 19.2 Å². The van der Waals surface area contributed by atoms with Crippen LogP contribution in [0.3, 0.4) is 0 Å². The zero-order valence-corrected chi connectivity index (χ0v) is 15.9. The number of carbonyl (C=O) groups is 2. The molecule has 27 heavy (non-hydrogen) atoms. The van der Waals surface area contributed by atoms with Crippen LogP contribution in [0, 0.1) is 0 Å². The van der Waals surface area contributed by atoms with E-state index in [2.05, 4.69) is 10.1 Å². The topological polar surface area (TPSA) is 96.5 Å². The molecular weight excluding hydrogens is 346 g/mol. The number of hydrogen-bond donors (Lipinski definition) is 1. The number of amides is 1. The summed E-state index contributed by atoms with van der Waals surface area (Å²) in [6, 6.07) is 6.50. The molecule has 1 N–H and O–H groups in total. The minimum absolute atomic E-state index is 0.160. The van der Waals surface area contributed by atoms with E-state index in [-0.39, 0.29) is 17.7 Å². The first-order chi connectivity index (χ1) is 12.8. The molecule has 1 aromatic carbocycles. The second-order valence-corrected chi connectivity index (χ2v) is 7.89. The number of benzene rings is 1. The first kappa shape index (κ1) is 19.1. The fourth-order valence-corrected chi connectivity index (χ4v) is 3.30. The lowest BCUT2D eigenvalue weighted by Gasteiger charge is -2.34. The molecule has 7 heteroatoms. The highest BCUT2D eigenvalue weighted by molar-refractivity contribution is 5.85. The van der Waals surface area contributed by atoms with E-state index in [0.29, 0.717) is 43.1 Å². The van der Waals surface area contributed by atoms with Crippen LogP contribution < -0.4 is 0 Å². The van der Waals surface area contributed by atoms with E-state index in [4.69, 9.17) is 4.52 Å². The van der Waals surface area contributed by atoms with E-state index in [1.54, 1.807) is 6.07 Å². The molecule has 1 aromatic heterocycles. The second-order valence-electron chi connectivity index (χ2n) is 7.89. The SMILES string of the molecule is CC(C)(C)c1noc(CCCC(=O)N2CCc3ccccc3C2C(=O)O)n1. The predicted molar refractivity (Wildman–Crippen MR) is 98.2 cm³/mol. The van der Waals surface area contributed by atoms with Crippen molar-refractivity contribution in [1.82, 2.24) is 15.0 Å².